The fourth-order valence-corrected chi connectivity index (χ4v) is 4.37. The van der Waals surface area contributed by atoms with Gasteiger partial charge in [-0.15, -0.1) is 0 Å². The van der Waals surface area contributed by atoms with Crippen LogP contribution in [0, 0.1) is 6.92 Å². The van der Waals surface area contributed by atoms with E-state index in [-0.39, 0.29) is 22.5 Å². The quantitative estimate of drug-likeness (QED) is 0.406. The van der Waals surface area contributed by atoms with E-state index in [1.165, 1.54) is 23.5 Å². The van der Waals surface area contributed by atoms with E-state index >= 15 is 0 Å². The highest BCUT2D eigenvalue weighted by atomic mass is 32.2. The summed E-state index contributed by atoms with van der Waals surface area (Å²) in [5, 5.41) is 14.9. The lowest BCUT2D eigenvalue weighted by Crippen LogP contribution is -2.30. The second-order valence-corrected chi connectivity index (χ2v) is 9.72. The van der Waals surface area contributed by atoms with Crippen molar-refractivity contribution in [2.24, 2.45) is 0 Å². The van der Waals surface area contributed by atoms with Gasteiger partial charge in [-0.25, -0.2) is 8.42 Å². The normalized spacial score (nSPS) is 11.0. The van der Waals surface area contributed by atoms with Crippen LogP contribution >= 0.6 is 0 Å². The lowest BCUT2D eigenvalue weighted by Gasteiger charge is -2.20. The number of carbonyl (C=O) groups is 2. The van der Waals surface area contributed by atoms with Crippen molar-refractivity contribution in [1.82, 2.24) is 10.6 Å². The van der Waals surface area contributed by atoms with Crippen molar-refractivity contribution in [3.8, 4) is 5.75 Å². The van der Waals surface area contributed by atoms with Gasteiger partial charge in [0.2, 0.25) is 0 Å². The molecule has 0 saturated heterocycles. The summed E-state index contributed by atoms with van der Waals surface area (Å²) < 4.78 is 26.8. The molecule has 2 amide bonds. The number of carbonyl (C=O) groups excluding carboxylic acids is 2. The molecule has 0 spiro atoms. The zero-order chi connectivity index (χ0) is 24.7. The molecule has 0 aliphatic carbocycles. The zero-order valence-electron chi connectivity index (χ0n) is 19.0. The Morgan fingerprint density at radius 2 is 1.44 bits per heavy atom. The first-order valence-corrected chi connectivity index (χ1v) is 12.1. The summed E-state index contributed by atoms with van der Waals surface area (Å²) in [5.41, 5.74) is 2.16. The van der Waals surface area contributed by atoms with Crippen LogP contribution in [0.15, 0.2) is 77.7 Å². The van der Waals surface area contributed by atoms with Crippen LogP contribution < -0.4 is 14.9 Å². The van der Waals surface area contributed by atoms with Crippen LogP contribution in [0.25, 0.3) is 0 Å². The Balaban J connectivity index is 1.49. The van der Waals surface area contributed by atoms with Gasteiger partial charge in [0, 0.05) is 31.3 Å². The Kier molecular flexibility index (Phi) is 7.91. The molecule has 0 aliphatic heterocycles. The van der Waals surface area contributed by atoms with Crippen molar-refractivity contribution in [2.45, 2.75) is 18.2 Å². The number of anilines is 1. The molecule has 8 nitrogen and oxygen atoms in total. The zero-order valence-corrected chi connectivity index (χ0v) is 19.8. The Morgan fingerprint density at radius 1 is 0.853 bits per heavy atom. The van der Waals surface area contributed by atoms with Gasteiger partial charge in [0.15, 0.2) is 0 Å². The van der Waals surface area contributed by atoms with Crippen molar-refractivity contribution in [1.29, 1.82) is 0 Å². The molecule has 0 aromatic heterocycles. The van der Waals surface area contributed by atoms with Crippen molar-refractivity contribution < 1.29 is 23.1 Å². The summed E-state index contributed by atoms with van der Waals surface area (Å²) in [4.78, 5) is 24.6. The Morgan fingerprint density at radius 3 is 2.03 bits per heavy atom. The summed E-state index contributed by atoms with van der Waals surface area (Å²) in [7, 11) is -2.24. The highest BCUT2D eigenvalue weighted by Crippen LogP contribution is 2.22. The second kappa shape index (κ2) is 10.8. The maximum absolute atomic E-state index is 12.8. The van der Waals surface area contributed by atoms with Crippen LogP contribution in [0.2, 0.25) is 0 Å². The molecule has 0 fully saturated rings. The van der Waals surface area contributed by atoms with E-state index in [0.717, 1.165) is 5.56 Å². The number of aryl methyl sites for hydroxylation is 1. The standard InChI is InChI=1S/C25H27N3O5S/c1-18-7-13-23(14-8-18)34(32,33)28(2)21-11-9-19(10-12-21)24(30)26-15-4-16-27-25(31)20-5-3-6-22(29)17-20/h3,5-14,17,29H,4,15-16H2,1-2H3,(H,26,30)(H,27,31). The molecule has 0 saturated carbocycles. The van der Waals surface area contributed by atoms with Gasteiger partial charge >= 0.3 is 0 Å². The number of hydrogen-bond acceptors (Lipinski definition) is 5. The molecule has 9 heteroatoms. The lowest BCUT2D eigenvalue weighted by atomic mass is 10.2. The molecule has 3 rings (SSSR count). The number of rotatable bonds is 9. The van der Waals surface area contributed by atoms with Gasteiger partial charge in [0.25, 0.3) is 21.8 Å². The molecule has 0 radical (unpaired) electrons. The van der Waals surface area contributed by atoms with E-state index in [9.17, 15) is 23.1 Å². The van der Waals surface area contributed by atoms with E-state index in [4.69, 9.17) is 0 Å². The third-order valence-electron chi connectivity index (χ3n) is 5.21. The third kappa shape index (κ3) is 6.14. The van der Waals surface area contributed by atoms with Crippen LogP contribution in [0.3, 0.4) is 0 Å². The number of phenols is 1. The summed E-state index contributed by atoms with van der Waals surface area (Å²) in [6.07, 6.45) is 0.520. The molecule has 0 heterocycles. The molecule has 178 valence electrons. The second-order valence-electron chi connectivity index (χ2n) is 7.75. The first-order valence-electron chi connectivity index (χ1n) is 10.7. The maximum atomic E-state index is 12.8. The van der Waals surface area contributed by atoms with Crippen LogP contribution in [0.4, 0.5) is 5.69 Å². The fraction of sp³-hybridized carbons (Fsp3) is 0.200. The molecule has 3 aromatic rings. The average Bonchev–Trinajstić information content (AvgIpc) is 2.83. The Bertz CT molecular complexity index is 1260. The number of nitrogens with one attached hydrogen (secondary N) is 2. The van der Waals surface area contributed by atoms with E-state index in [1.807, 2.05) is 6.92 Å². The number of amides is 2. The molecule has 0 unspecified atom stereocenters. The van der Waals surface area contributed by atoms with Crippen molar-refractivity contribution >= 4 is 27.5 Å². The summed E-state index contributed by atoms with van der Waals surface area (Å²) >= 11 is 0. The van der Waals surface area contributed by atoms with E-state index < -0.39 is 10.0 Å². The highest BCUT2D eigenvalue weighted by Gasteiger charge is 2.21. The lowest BCUT2D eigenvalue weighted by molar-refractivity contribution is 0.0951. The van der Waals surface area contributed by atoms with Gasteiger partial charge < -0.3 is 15.7 Å². The third-order valence-corrected chi connectivity index (χ3v) is 7.01. The maximum Gasteiger partial charge on any atom is 0.264 e. The number of phenolic OH excluding ortho intramolecular Hbond substituents is 1. The van der Waals surface area contributed by atoms with Gasteiger partial charge in [-0.2, -0.15) is 0 Å². The van der Waals surface area contributed by atoms with Gasteiger partial charge in [-0.3, -0.25) is 13.9 Å². The first-order chi connectivity index (χ1) is 16.2. The minimum atomic E-state index is -3.71. The Hall–Kier alpha value is -3.85. The van der Waals surface area contributed by atoms with Crippen molar-refractivity contribution in [3.05, 3.63) is 89.5 Å². The monoisotopic (exact) mass is 481 g/mol. The van der Waals surface area contributed by atoms with Gasteiger partial charge in [0.1, 0.15) is 5.75 Å². The van der Waals surface area contributed by atoms with Gasteiger partial charge in [-0.05, 0) is 67.9 Å². The SMILES string of the molecule is Cc1ccc(S(=O)(=O)N(C)c2ccc(C(=O)NCCCNC(=O)c3cccc(O)c3)cc2)cc1. The van der Waals surface area contributed by atoms with Crippen molar-refractivity contribution in [3.63, 3.8) is 0 Å². The topological polar surface area (TPSA) is 116 Å². The Labute approximate surface area is 199 Å². The van der Waals surface area contributed by atoms with Crippen LogP contribution in [0.1, 0.15) is 32.7 Å². The van der Waals surface area contributed by atoms with E-state index in [1.54, 1.807) is 60.7 Å². The number of benzene rings is 3. The molecule has 0 atom stereocenters. The van der Waals surface area contributed by atoms with Crippen molar-refractivity contribution in [2.75, 3.05) is 24.4 Å². The van der Waals surface area contributed by atoms with E-state index in [0.29, 0.717) is 36.3 Å². The molecule has 0 bridgehead atoms. The number of sulfonamides is 1. The number of hydrogen-bond donors (Lipinski definition) is 3. The van der Waals surface area contributed by atoms with Gasteiger partial charge in [0.05, 0.1) is 10.6 Å². The molecule has 3 aromatic carbocycles. The first kappa shape index (κ1) is 24.8. The predicted octanol–water partition coefficient (Wildman–Crippen LogP) is 3.08. The minimum absolute atomic E-state index is 0.0184. The summed E-state index contributed by atoms with van der Waals surface area (Å²) in [5.74, 6) is -0.581. The largest absolute Gasteiger partial charge is 0.508 e. The molecular formula is C25H27N3O5S. The minimum Gasteiger partial charge on any atom is -0.508 e. The van der Waals surface area contributed by atoms with Crippen LogP contribution in [-0.4, -0.2) is 45.5 Å². The van der Waals surface area contributed by atoms with Crippen LogP contribution in [0.5, 0.6) is 5.75 Å². The smallest absolute Gasteiger partial charge is 0.264 e. The molecule has 0 aliphatic rings. The molecular weight excluding hydrogens is 454 g/mol. The fourth-order valence-electron chi connectivity index (χ4n) is 3.17. The number of nitrogens with zero attached hydrogens (tertiary/aromatic N) is 1. The van der Waals surface area contributed by atoms with Crippen LogP contribution in [-0.2, 0) is 10.0 Å². The predicted molar refractivity (Wildman–Crippen MR) is 131 cm³/mol. The van der Waals surface area contributed by atoms with E-state index in [2.05, 4.69) is 10.6 Å². The van der Waals surface area contributed by atoms with Gasteiger partial charge in [-0.1, -0.05) is 23.8 Å². The molecule has 3 N–H and O–H groups in total. The summed E-state index contributed by atoms with van der Waals surface area (Å²) in [6.45, 7) is 2.59. The number of aromatic hydroxyl groups is 1. The molecule has 34 heavy (non-hydrogen) atoms. The average molecular weight is 482 g/mol. The summed E-state index contributed by atoms with van der Waals surface area (Å²) in [6, 6.07) is 19.0. The highest BCUT2D eigenvalue weighted by molar-refractivity contribution is 7.92.